The number of unbranched alkanes of at least 4 members (excludes halogenated alkanes) is 2. The Labute approximate surface area is 246 Å². The first kappa shape index (κ1) is 32.6. The van der Waals surface area contributed by atoms with E-state index in [-0.39, 0.29) is 12.1 Å². The molecule has 228 valence electrons. The van der Waals surface area contributed by atoms with Crippen molar-refractivity contribution in [2.24, 2.45) is 16.4 Å². The van der Waals surface area contributed by atoms with Gasteiger partial charge in [-0.2, -0.15) is 18.3 Å². The number of anilines is 1. The molecule has 0 unspecified atom stereocenters. The maximum atomic E-state index is 13.3. The molecule has 1 saturated carbocycles. The highest BCUT2D eigenvalue weighted by molar-refractivity contribution is 6.33. The van der Waals surface area contributed by atoms with Gasteiger partial charge in [0.1, 0.15) is 17.1 Å². The molecule has 1 aromatic carbocycles. The molecule has 14 heteroatoms. The molecule has 2 heterocycles. The highest BCUT2D eigenvalue weighted by atomic mass is 35.5. The van der Waals surface area contributed by atoms with Crippen LogP contribution in [0.15, 0.2) is 51.8 Å². The first-order valence-corrected chi connectivity index (χ1v) is 14.2. The fourth-order valence-corrected chi connectivity index (χ4v) is 4.39. The maximum absolute atomic E-state index is 13.3. The molecule has 2 N–H and O–H groups in total. The van der Waals surface area contributed by atoms with Crippen molar-refractivity contribution in [2.75, 3.05) is 18.7 Å². The van der Waals surface area contributed by atoms with Crippen molar-refractivity contribution in [1.29, 1.82) is 0 Å². The fraction of sp³-hybridized carbons (Fsp3) is 0.464. The van der Waals surface area contributed by atoms with Crippen molar-refractivity contribution >= 4 is 23.7 Å². The lowest BCUT2D eigenvalue weighted by Crippen LogP contribution is -2.22. The second-order valence-corrected chi connectivity index (χ2v) is 9.93. The van der Waals surface area contributed by atoms with Gasteiger partial charge < -0.3 is 9.72 Å². The monoisotopic (exact) mass is 609 g/mol. The van der Waals surface area contributed by atoms with Crippen LogP contribution in [0.2, 0.25) is 5.02 Å². The Morgan fingerprint density at radius 3 is 2.57 bits per heavy atom. The zero-order valence-corrected chi connectivity index (χ0v) is 24.5. The van der Waals surface area contributed by atoms with Gasteiger partial charge in [0.25, 0.3) is 5.56 Å². The normalized spacial score (nSPS) is 13.0. The van der Waals surface area contributed by atoms with Gasteiger partial charge in [-0.25, -0.2) is 10.4 Å². The van der Waals surface area contributed by atoms with E-state index in [0.29, 0.717) is 65.1 Å². The minimum atomic E-state index is -4.13. The summed E-state index contributed by atoms with van der Waals surface area (Å²) in [6.45, 7) is 5.03. The van der Waals surface area contributed by atoms with E-state index in [2.05, 4.69) is 26.0 Å². The zero-order valence-electron chi connectivity index (χ0n) is 23.7. The summed E-state index contributed by atoms with van der Waals surface area (Å²) in [5.41, 5.74) is 3.71. The Balaban J connectivity index is 0.00000237. The molecule has 2 aromatic heterocycles. The third kappa shape index (κ3) is 9.61. The summed E-state index contributed by atoms with van der Waals surface area (Å²) in [7, 11) is 1.51. The topological polar surface area (TPSA) is 117 Å². The number of hydrogen-bond donors (Lipinski definition) is 2. The van der Waals surface area contributed by atoms with Crippen molar-refractivity contribution in [3.8, 4) is 28.3 Å². The Hall–Kier alpha value is -3.87. The number of halogens is 4. The lowest BCUT2D eigenvalue weighted by molar-refractivity contribution is -0.135. The molecule has 42 heavy (non-hydrogen) atoms. The number of nitrogens with zero attached hydrogens (tertiary/aromatic N) is 5. The highest BCUT2D eigenvalue weighted by Crippen LogP contribution is 2.36. The van der Waals surface area contributed by atoms with E-state index in [1.165, 1.54) is 12.1 Å². The smallest absolute Gasteiger partial charge is 0.389 e. The first-order chi connectivity index (χ1) is 20.1. The number of hydrogen-bond acceptors (Lipinski definition) is 6. The molecule has 3 aromatic rings. The summed E-state index contributed by atoms with van der Waals surface area (Å²) in [4.78, 5) is 26.7. The molecule has 1 amide bonds. The number of alkyl halides is 3. The third-order valence-electron chi connectivity index (χ3n) is 6.27. The largest absolute Gasteiger partial charge is 0.494 e. The minimum absolute atomic E-state index is 0.0739. The summed E-state index contributed by atoms with van der Waals surface area (Å²) in [5.74, 6) is 1.12. The van der Waals surface area contributed by atoms with E-state index in [1.54, 1.807) is 41.2 Å². The summed E-state index contributed by atoms with van der Waals surface area (Å²) >= 11 is 6.56. The van der Waals surface area contributed by atoms with Gasteiger partial charge >= 0.3 is 6.18 Å². The molecule has 1 fully saturated rings. The van der Waals surface area contributed by atoms with E-state index in [4.69, 9.17) is 16.3 Å². The molecular weight excluding hydrogens is 575 g/mol. The lowest BCUT2D eigenvalue weighted by Gasteiger charge is -2.16. The van der Waals surface area contributed by atoms with Crippen molar-refractivity contribution in [3.63, 3.8) is 0 Å². The number of H-pyrrole nitrogens is 1. The van der Waals surface area contributed by atoms with E-state index in [9.17, 15) is 22.8 Å². The zero-order chi connectivity index (χ0) is 30.7. The van der Waals surface area contributed by atoms with Crippen molar-refractivity contribution in [2.45, 2.75) is 65.1 Å². The van der Waals surface area contributed by atoms with Crippen molar-refractivity contribution in [3.05, 3.63) is 51.9 Å². The standard InChI is InChI=1S/C26H29ClF3N7O3.C2H6/c1-36(35-34-31-16-38)24-20(23-21(27)15-37(33-23)14-17-5-6-17)13-22(32-25(24)39)18-7-9-19(10-8-18)40-12-4-2-3-11-26(28,29)30;1-2/h7-10,13,15-17H,2-6,11-12,14H2,1H3,(H,32,39)(H,31,35,38);1-2H3. The second kappa shape index (κ2) is 15.4. The van der Waals surface area contributed by atoms with Crippen LogP contribution >= 0.6 is 11.6 Å². The van der Waals surface area contributed by atoms with Crippen LogP contribution in [-0.2, 0) is 11.3 Å². The van der Waals surface area contributed by atoms with Crippen LogP contribution in [-0.4, -0.2) is 41.0 Å². The lowest BCUT2D eigenvalue weighted by atomic mass is 10.1. The maximum Gasteiger partial charge on any atom is 0.389 e. The molecular formula is C28H35ClF3N7O3. The minimum Gasteiger partial charge on any atom is -0.494 e. The van der Waals surface area contributed by atoms with Gasteiger partial charge in [0.2, 0.25) is 6.41 Å². The summed E-state index contributed by atoms with van der Waals surface area (Å²) < 4.78 is 44.2. The van der Waals surface area contributed by atoms with Crippen molar-refractivity contribution < 1.29 is 22.7 Å². The average molecular weight is 610 g/mol. The van der Waals surface area contributed by atoms with Gasteiger partial charge in [0.05, 0.1) is 11.6 Å². The Morgan fingerprint density at radius 2 is 1.93 bits per heavy atom. The molecule has 0 atom stereocenters. The number of carbonyl (C=O) groups excluding carboxylic acids is 1. The molecule has 4 rings (SSSR count). The van der Waals surface area contributed by atoms with Gasteiger partial charge in [-0.15, -0.1) is 0 Å². The number of aromatic amines is 1. The number of nitrogens with one attached hydrogen (secondary N) is 2. The SMILES string of the molecule is CC.CN(/N=N\NC=O)c1c(-c2nn(CC3CC3)cc2Cl)cc(-c2ccc(OCCCCCC(F)(F)F)cc2)[nH]c1=O. The number of aromatic nitrogens is 3. The van der Waals surface area contributed by atoms with Gasteiger partial charge in [0.15, 0.2) is 0 Å². The van der Waals surface area contributed by atoms with Gasteiger partial charge in [-0.3, -0.25) is 14.3 Å². The average Bonchev–Trinajstić information content (AvgIpc) is 3.70. The van der Waals surface area contributed by atoms with Crippen molar-refractivity contribution in [1.82, 2.24) is 20.2 Å². The fourth-order valence-electron chi connectivity index (χ4n) is 4.13. The number of pyridine rings is 1. The van der Waals surface area contributed by atoms with Crippen LogP contribution in [0.1, 0.15) is 52.4 Å². The van der Waals surface area contributed by atoms with Crippen LogP contribution in [0.3, 0.4) is 0 Å². The number of ether oxygens (including phenoxy) is 1. The molecule has 0 radical (unpaired) electrons. The van der Waals surface area contributed by atoms with Crippen LogP contribution in [0.25, 0.3) is 22.5 Å². The summed E-state index contributed by atoms with van der Waals surface area (Å²) in [5, 5.41) is 13.6. The molecule has 10 nitrogen and oxygen atoms in total. The second-order valence-electron chi connectivity index (χ2n) is 9.52. The molecule has 0 spiro atoms. The quantitative estimate of drug-likeness (QED) is 0.0887. The van der Waals surface area contributed by atoms with E-state index in [0.717, 1.165) is 19.4 Å². The number of carbonyl (C=O) groups is 1. The first-order valence-electron chi connectivity index (χ1n) is 13.8. The van der Waals surface area contributed by atoms with Crippen LogP contribution in [0.4, 0.5) is 18.9 Å². The van der Waals surface area contributed by atoms with Crippen LogP contribution in [0, 0.1) is 5.92 Å². The van der Waals surface area contributed by atoms with Gasteiger partial charge in [0, 0.05) is 37.5 Å². The van der Waals surface area contributed by atoms with Gasteiger partial charge in [-0.05, 0) is 84.4 Å². The highest BCUT2D eigenvalue weighted by Gasteiger charge is 2.26. The third-order valence-corrected chi connectivity index (χ3v) is 6.55. The van der Waals surface area contributed by atoms with E-state index >= 15 is 0 Å². The summed E-state index contributed by atoms with van der Waals surface area (Å²) in [6, 6.07) is 8.71. The number of amides is 1. The van der Waals surface area contributed by atoms with Crippen LogP contribution in [0.5, 0.6) is 5.75 Å². The van der Waals surface area contributed by atoms with E-state index in [1.807, 2.05) is 13.8 Å². The molecule has 0 saturated heterocycles. The number of rotatable bonds is 14. The number of benzene rings is 1. The molecule has 1 aliphatic rings. The Bertz CT molecular complexity index is 1390. The van der Waals surface area contributed by atoms with Crippen LogP contribution < -0.4 is 20.7 Å². The predicted octanol–water partition coefficient (Wildman–Crippen LogP) is 6.96. The molecule has 1 aliphatic carbocycles. The predicted molar refractivity (Wildman–Crippen MR) is 155 cm³/mol. The van der Waals surface area contributed by atoms with Gasteiger partial charge in [-0.1, -0.05) is 25.4 Å². The Morgan fingerprint density at radius 1 is 1.21 bits per heavy atom. The molecule has 0 bridgehead atoms. The molecule has 0 aliphatic heterocycles. The Kier molecular flexibility index (Phi) is 12.0. The van der Waals surface area contributed by atoms with E-state index < -0.39 is 18.2 Å². The summed E-state index contributed by atoms with van der Waals surface area (Å²) in [6.07, 6.45) is 0.434.